The van der Waals surface area contributed by atoms with E-state index in [0.717, 1.165) is 20.9 Å². The summed E-state index contributed by atoms with van der Waals surface area (Å²) in [6.07, 6.45) is 1.79. The highest BCUT2D eigenvalue weighted by atomic mass is 32.1. The van der Waals surface area contributed by atoms with Gasteiger partial charge in [0, 0.05) is 11.6 Å². The molecular formula is C20H13N5O2S. The van der Waals surface area contributed by atoms with E-state index in [1.165, 1.54) is 0 Å². The first kappa shape index (κ1) is 16.4. The van der Waals surface area contributed by atoms with E-state index in [-0.39, 0.29) is 5.56 Å². The van der Waals surface area contributed by atoms with Crippen molar-refractivity contribution in [1.82, 2.24) is 19.7 Å². The normalized spacial score (nSPS) is 11.1. The molecule has 0 aliphatic carbocycles. The van der Waals surface area contributed by atoms with Gasteiger partial charge in [-0.3, -0.25) is 4.57 Å². The van der Waals surface area contributed by atoms with E-state index in [0.29, 0.717) is 17.0 Å². The summed E-state index contributed by atoms with van der Waals surface area (Å²) in [5.41, 5.74) is 1.96. The van der Waals surface area contributed by atoms with Crippen LogP contribution in [0.3, 0.4) is 0 Å². The molecule has 0 aliphatic rings. The first-order valence-corrected chi connectivity index (χ1v) is 9.31. The topological polar surface area (TPSA) is 92.9 Å². The Kier molecular flexibility index (Phi) is 3.77. The van der Waals surface area contributed by atoms with Crippen molar-refractivity contribution in [2.75, 3.05) is 5.32 Å². The van der Waals surface area contributed by atoms with Crippen molar-refractivity contribution in [2.45, 2.75) is 0 Å². The van der Waals surface area contributed by atoms with E-state index < -0.39 is 5.97 Å². The molecule has 0 unspecified atom stereocenters. The monoisotopic (exact) mass is 387 g/mol. The predicted octanol–water partition coefficient (Wildman–Crippen LogP) is 4.47. The summed E-state index contributed by atoms with van der Waals surface area (Å²) < 4.78 is 2.92. The van der Waals surface area contributed by atoms with Crippen LogP contribution in [0, 0.1) is 0 Å². The zero-order valence-electron chi connectivity index (χ0n) is 14.4. The number of fused-ring (bicyclic) bond motifs is 2. The van der Waals surface area contributed by atoms with Gasteiger partial charge >= 0.3 is 5.97 Å². The minimum absolute atomic E-state index is 0.262. The predicted molar refractivity (Wildman–Crippen MR) is 109 cm³/mol. The first-order chi connectivity index (χ1) is 13.7. The highest BCUT2D eigenvalue weighted by Gasteiger charge is 2.12. The van der Waals surface area contributed by atoms with E-state index in [1.54, 1.807) is 35.7 Å². The van der Waals surface area contributed by atoms with Crippen LogP contribution >= 0.6 is 11.3 Å². The maximum Gasteiger partial charge on any atom is 0.336 e. The minimum atomic E-state index is -0.954. The van der Waals surface area contributed by atoms with Gasteiger partial charge in [-0.2, -0.15) is 0 Å². The van der Waals surface area contributed by atoms with Crippen LogP contribution in [0.25, 0.3) is 26.9 Å². The maximum absolute atomic E-state index is 11.4. The van der Waals surface area contributed by atoms with Gasteiger partial charge in [0.05, 0.1) is 21.3 Å². The Balaban J connectivity index is 1.46. The number of rotatable bonds is 4. The third-order valence-electron chi connectivity index (χ3n) is 4.39. The van der Waals surface area contributed by atoms with E-state index in [4.69, 9.17) is 0 Å². The molecule has 136 valence electrons. The number of thiazole rings is 1. The Morgan fingerprint density at radius 1 is 1.00 bits per heavy atom. The van der Waals surface area contributed by atoms with E-state index >= 15 is 0 Å². The van der Waals surface area contributed by atoms with Crippen LogP contribution in [0.4, 0.5) is 10.9 Å². The number of hydrogen-bond donors (Lipinski definition) is 2. The third kappa shape index (κ3) is 2.76. The Bertz CT molecular complexity index is 1290. The van der Waals surface area contributed by atoms with Gasteiger partial charge in [-0.1, -0.05) is 29.5 Å². The van der Waals surface area contributed by atoms with Gasteiger partial charge in [0.15, 0.2) is 16.8 Å². The summed E-state index contributed by atoms with van der Waals surface area (Å²) >= 11 is 1.55. The van der Waals surface area contributed by atoms with Crippen LogP contribution in [-0.4, -0.2) is 30.8 Å². The van der Waals surface area contributed by atoms with Crippen LogP contribution in [0.1, 0.15) is 10.4 Å². The Morgan fingerprint density at radius 3 is 2.68 bits per heavy atom. The number of carboxylic acid groups (broad SMARTS) is 1. The third-order valence-corrected chi connectivity index (χ3v) is 5.34. The summed E-state index contributed by atoms with van der Waals surface area (Å²) in [6.45, 7) is 0. The summed E-state index contributed by atoms with van der Waals surface area (Å²) in [4.78, 5) is 15.9. The molecule has 28 heavy (non-hydrogen) atoms. The number of hydrogen-bond acceptors (Lipinski definition) is 6. The molecule has 0 amide bonds. The molecule has 0 saturated heterocycles. The molecule has 0 radical (unpaired) electrons. The molecule has 0 bridgehead atoms. The first-order valence-electron chi connectivity index (χ1n) is 8.49. The lowest BCUT2D eigenvalue weighted by Gasteiger charge is -2.06. The zero-order chi connectivity index (χ0) is 19.1. The number of nitrogens with zero attached hydrogens (tertiary/aromatic N) is 4. The molecule has 0 fully saturated rings. The van der Waals surface area contributed by atoms with Crippen LogP contribution < -0.4 is 5.32 Å². The number of benzene rings is 2. The molecule has 0 saturated carbocycles. The molecule has 0 spiro atoms. The zero-order valence-corrected chi connectivity index (χ0v) is 15.2. The average molecular weight is 387 g/mol. The SMILES string of the molecule is O=C(O)c1cccc2c1ccn2-c1ccc(Nc2nc3ccccc3s2)nn1. The molecule has 5 rings (SSSR count). The van der Waals surface area contributed by atoms with Crippen molar-refractivity contribution >= 4 is 49.4 Å². The summed E-state index contributed by atoms with van der Waals surface area (Å²) in [5, 5.41) is 22.4. The molecule has 0 atom stereocenters. The Labute approximate surface area is 162 Å². The minimum Gasteiger partial charge on any atom is -0.478 e. The van der Waals surface area contributed by atoms with Gasteiger partial charge in [-0.25, -0.2) is 9.78 Å². The Hall–Kier alpha value is -3.78. The van der Waals surface area contributed by atoms with Gasteiger partial charge < -0.3 is 10.4 Å². The number of anilines is 2. The van der Waals surface area contributed by atoms with Crippen molar-refractivity contribution in [3.8, 4) is 5.82 Å². The van der Waals surface area contributed by atoms with Crippen molar-refractivity contribution in [2.24, 2.45) is 0 Å². The van der Waals surface area contributed by atoms with Crippen LogP contribution in [0.15, 0.2) is 66.9 Å². The molecule has 5 aromatic rings. The molecule has 8 heteroatoms. The lowest BCUT2D eigenvalue weighted by Crippen LogP contribution is -2.01. The smallest absolute Gasteiger partial charge is 0.336 e. The number of carboxylic acids is 1. The maximum atomic E-state index is 11.4. The van der Waals surface area contributed by atoms with Crippen LogP contribution in [-0.2, 0) is 0 Å². The van der Waals surface area contributed by atoms with Gasteiger partial charge in [0.1, 0.15) is 0 Å². The number of carbonyl (C=O) groups is 1. The fourth-order valence-electron chi connectivity index (χ4n) is 3.11. The lowest BCUT2D eigenvalue weighted by molar-refractivity contribution is 0.0699. The molecule has 2 aromatic carbocycles. The van der Waals surface area contributed by atoms with Gasteiger partial charge in [-0.15, -0.1) is 10.2 Å². The number of aromatic nitrogens is 4. The molecule has 3 heterocycles. The summed E-state index contributed by atoms with van der Waals surface area (Å²) in [6, 6.07) is 18.5. The van der Waals surface area contributed by atoms with Crippen molar-refractivity contribution in [3.05, 3.63) is 72.4 Å². The van der Waals surface area contributed by atoms with E-state index in [2.05, 4.69) is 20.5 Å². The number of para-hydroxylation sites is 1. The molecule has 3 aromatic heterocycles. The van der Waals surface area contributed by atoms with Crippen molar-refractivity contribution in [1.29, 1.82) is 0 Å². The largest absolute Gasteiger partial charge is 0.478 e. The molecule has 0 aliphatic heterocycles. The number of nitrogens with one attached hydrogen (secondary N) is 1. The summed E-state index contributed by atoms with van der Waals surface area (Å²) in [5.74, 6) is 0.239. The fourth-order valence-corrected chi connectivity index (χ4v) is 3.98. The second-order valence-corrected chi connectivity index (χ2v) is 7.15. The summed E-state index contributed by atoms with van der Waals surface area (Å²) in [7, 11) is 0. The van der Waals surface area contributed by atoms with Crippen LogP contribution in [0.5, 0.6) is 0 Å². The van der Waals surface area contributed by atoms with Gasteiger partial charge in [-0.05, 0) is 42.5 Å². The highest BCUT2D eigenvalue weighted by Crippen LogP contribution is 2.28. The van der Waals surface area contributed by atoms with E-state index in [1.807, 2.05) is 47.0 Å². The van der Waals surface area contributed by atoms with Crippen LogP contribution in [0.2, 0.25) is 0 Å². The van der Waals surface area contributed by atoms with E-state index in [9.17, 15) is 9.90 Å². The average Bonchev–Trinajstić information content (AvgIpc) is 3.31. The molecular weight excluding hydrogens is 374 g/mol. The molecule has 7 nitrogen and oxygen atoms in total. The quantitative estimate of drug-likeness (QED) is 0.473. The molecule has 2 N–H and O–H groups in total. The highest BCUT2D eigenvalue weighted by molar-refractivity contribution is 7.22. The second-order valence-electron chi connectivity index (χ2n) is 6.12. The fraction of sp³-hybridized carbons (Fsp3) is 0. The lowest BCUT2D eigenvalue weighted by atomic mass is 10.1. The van der Waals surface area contributed by atoms with Gasteiger partial charge in [0.25, 0.3) is 0 Å². The second kappa shape index (κ2) is 6.43. The van der Waals surface area contributed by atoms with Gasteiger partial charge in [0.2, 0.25) is 0 Å². The standard InChI is InChI=1S/C20H13N5O2S/c26-19(27)13-4-3-6-15-12(13)10-11-25(15)18-9-8-17(23-24-18)22-20-21-14-5-1-2-7-16(14)28-20/h1-11H,(H,26,27)(H,21,22,23). The number of aromatic carboxylic acids is 1. The Morgan fingerprint density at radius 2 is 1.89 bits per heavy atom. The van der Waals surface area contributed by atoms with Crippen molar-refractivity contribution in [3.63, 3.8) is 0 Å². The van der Waals surface area contributed by atoms with Crippen molar-refractivity contribution < 1.29 is 9.90 Å².